The predicted molar refractivity (Wildman–Crippen MR) is 133 cm³/mol. The third-order valence-corrected chi connectivity index (χ3v) is 6.36. The summed E-state index contributed by atoms with van der Waals surface area (Å²) >= 11 is 6.05. The van der Waals surface area contributed by atoms with E-state index in [4.69, 9.17) is 11.6 Å². The number of nitrogens with zero attached hydrogens (tertiary/aromatic N) is 4. The molecule has 0 bridgehead atoms. The van der Waals surface area contributed by atoms with Crippen LogP contribution in [0.1, 0.15) is 37.0 Å². The van der Waals surface area contributed by atoms with E-state index in [1.165, 1.54) is 7.05 Å². The molecule has 1 aromatic carbocycles. The van der Waals surface area contributed by atoms with Crippen molar-refractivity contribution < 1.29 is 22.8 Å². The second-order valence-electron chi connectivity index (χ2n) is 9.76. The molecule has 0 unspecified atom stereocenters. The van der Waals surface area contributed by atoms with Gasteiger partial charge >= 0.3 is 0 Å². The third kappa shape index (κ3) is 5.27. The number of carbonyl (C=O) groups excluding carboxylic acids is 2. The Morgan fingerprint density at radius 2 is 1.76 bits per heavy atom. The van der Waals surface area contributed by atoms with Crippen LogP contribution in [-0.4, -0.2) is 46.0 Å². The lowest BCUT2D eigenvalue weighted by Gasteiger charge is -2.31. The summed E-state index contributed by atoms with van der Waals surface area (Å²) in [6, 6.07) is 5.39. The molecule has 0 aliphatic carbocycles. The van der Waals surface area contributed by atoms with Gasteiger partial charge in [-0.05, 0) is 23.6 Å². The fourth-order valence-electron chi connectivity index (χ4n) is 4.24. The Hall–Kier alpha value is -3.60. The average Bonchev–Trinajstić information content (AvgIpc) is 3.22. The first-order valence-corrected chi connectivity index (χ1v) is 11.9. The zero-order valence-electron chi connectivity index (χ0n) is 20.7. The van der Waals surface area contributed by atoms with E-state index in [-0.39, 0.29) is 35.3 Å². The number of fused-ring (bicyclic) bond motifs is 1. The second kappa shape index (κ2) is 10.0. The van der Waals surface area contributed by atoms with E-state index in [9.17, 15) is 22.8 Å². The van der Waals surface area contributed by atoms with Gasteiger partial charge in [-0.15, -0.1) is 0 Å². The van der Waals surface area contributed by atoms with Gasteiger partial charge in [-0.3, -0.25) is 9.59 Å². The number of nitrogens with one attached hydrogen (secondary N) is 2. The molecular formula is C25H26ClF3N6O2. The Labute approximate surface area is 216 Å². The summed E-state index contributed by atoms with van der Waals surface area (Å²) in [5.74, 6) is -4.12. The normalized spacial score (nSPS) is 14.2. The zero-order valence-corrected chi connectivity index (χ0v) is 21.5. The van der Waals surface area contributed by atoms with Crippen LogP contribution < -0.4 is 15.5 Å². The van der Waals surface area contributed by atoms with E-state index >= 15 is 0 Å². The van der Waals surface area contributed by atoms with Crippen LogP contribution >= 0.6 is 11.6 Å². The van der Waals surface area contributed by atoms with E-state index in [1.807, 2.05) is 4.90 Å². The van der Waals surface area contributed by atoms with Crippen LogP contribution in [0.15, 0.2) is 30.3 Å². The van der Waals surface area contributed by atoms with Crippen molar-refractivity contribution >= 4 is 29.2 Å². The molecule has 0 saturated heterocycles. The number of imidazole rings is 1. The molecule has 1 atom stereocenters. The van der Waals surface area contributed by atoms with E-state index in [0.29, 0.717) is 24.1 Å². The average molecular weight is 535 g/mol. The lowest BCUT2D eigenvalue weighted by atomic mass is 9.86. The largest absolute Gasteiger partial charge is 0.357 e. The maximum Gasteiger partial charge on any atom is 0.272 e. The first-order chi connectivity index (χ1) is 17.4. The van der Waals surface area contributed by atoms with Gasteiger partial charge in [0.1, 0.15) is 28.7 Å². The van der Waals surface area contributed by atoms with Crippen molar-refractivity contribution in [3.63, 3.8) is 0 Å². The highest BCUT2D eigenvalue weighted by molar-refractivity contribution is 6.29. The summed E-state index contributed by atoms with van der Waals surface area (Å²) in [5.41, 5.74) is -0.591. The van der Waals surface area contributed by atoms with Gasteiger partial charge in [0, 0.05) is 26.2 Å². The lowest BCUT2D eigenvalue weighted by molar-refractivity contribution is -0.124. The lowest BCUT2D eigenvalue weighted by Crippen LogP contribution is -2.53. The topological polar surface area (TPSA) is 92.2 Å². The van der Waals surface area contributed by atoms with Gasteiger partial charge in [-0.25, -0.2) is 23.1 Å². The number of anilines is 1. The van der Waals surface area contributed by atoms with Crippen molar-refractivity contribution in [3.8, 4) is 11.4 Å². The highest BCUT2D eigenvalue weighted by Crippen LogP contribution is 2.31. The number of likely N-dealkylation sites (N-methyl/N-ethyl adjacent to an activating group) is 1. The molecular weight excluding hydrogens is 509 g/mol. The summed E-state index contributed by atoms with van der Waals surface area (Å²) in [6.07, 6.45) is 0. The molecule has 0 spiro atoms. The second-order valence-corrected chi connectivity index (χ2v) is 10.1. The predicted octanol–water partition coefficient (Wildman–Crippen LogP) is 3.93. The Morgan fingerprint density at radius 1 is 1.05 bits per heavy atom. The maximum absolute atomic E-state index is 14.8. The van der Waals surface area contributed by atoms with E-state index in [2.05, 4.69) is 20.6 Å². The van der Waals surface area contributed by atoms with Gasteiger partial charge in [0.2, 0.25) is 5.91 Å². The van der Waals surface area contributed by atoms with Gasteiger partial charge < -0.3 is 20.1 Å². The Kier molecular flexibility index (Phi) is 7.18. The number of aromatic nitrogens is 3. The fourth-order valence-corrected chi connectivity index (χ4v) is 4.40. The molecule has 0 fully saturated rings. The molecule has 8 nitrogen and oxygen atoms in total. The first-order valence-electron chi connectivity index (χ1n) is 11.5. The maximum atomic E-state index is 14.8. The number of carbonyl (C=O) groups is 2. The van der Waals surface area contributed by atoms with Crippen molar-refractivity contribution in [2.24, 2.45) is 5.41 Å². The molecule has 0 radical (unpaired) electrons. The van der Waals surface area contributed by atoms with Crippen molar-refractivity contribution in [1.82, 2.24) is 25.2 Å². The van der Waals surface area contributed by atoms with Gasteiger partial charge in [0.05, 0.1) is 17.8 Å². The van der Waals surface area contributed by atoms with Crippen LogP contribution in [0.3, 0.4) is 0 Å². The number of pyridine rings is 1. The van der Waals surface area contributed by atoms with Crippen LogP contribution in [0, 0.1) is 22.9 Å². The quantitative estimate of drug-likeness (QED) is 0.382. The van der Waals surface area contributed by atoms with Crippen molar-refractivity contribution in [3.05, 3.63) is 64.3 Å². The Balaban J connectivity index is 1.81. The molecule has 0 saturated carbocycles. The number of hydrogen-bond acceptors (Lipinski definition) is 5. The van der Waals surface area contributed by atoms with Crippen LogP contribution in [0.4, 0.5) is 19.0 Å². The highest BCUT2D eigenvalue weighted by atomic mass is 35.5. The van der Waals surface area contributed by atoms with Crippen LogP contribution in [0.5, 0.6) is 0 Å². The zero-order chi connectivity index (χ0) is 27.1. The Bertz CT molecular complexity index is 1370. The summed E-state index contributed by atoms with van der Waals surface area (Å²) < 4.78 is 44.0. The molecule has 37 heavy (non-hydrogen) atoms. The first kappa shape index (κ1) is 26.5. The highest BCUT2D eigenvalue weighted by Gasteiger charge is 2.35. The SMILES string of the molecule is CNC(=O)[C@@H](NC(=O)c1nc(-c2cc(F)c(F)cc2F)n2c1CN(c1cccc(Cl)n1)CC2)C(C)(C)C. The standard InChI is InChI=1S/C25H26ClF3N6O2/c1-25(2,3)21(24(37)30-4)33-23(36)20-17-12-34(19-7-5-6-18(26)31-19)8-9-35(17)22(32-20)13-10-15(28)16(29)11-14(13)27/h5-7,10-11,21H,8-9,12H2,1-4H3,(H,30,37)(H,33,36)/t21-/m1/s1. The monoisotopic (exact) mass is 534 g/mol. The number of rotatable bonds is 5. The van der Waals surface area contributed by atoms with Crippen LogP contribution in [0.25, 0.3) is 11.4 Å². The Morgan fingerprint density at radius 3 is 2.41 bits per heavy atom. The van der Waals surface area contributed by atoms with Gasteiger partial charge in [-0.1, -0.05) is 38.4 Å². The van der Waals surface area contributed by atoms with Gasteiger partial charge in [-0.2, -0.15) is 0 Å². The molecule has 2 amide bonds. The van der Waals surface area contributed by atoms with Gasteiger partial charge in [0.25, 0.3) is 5.91 Å². The van der Waals surface area contributed by atoms with Crippen molar-refractivity contribution in [2.45, 2.75) is 39.9 Å². The van der Waals surface area contributed by atoms with Crippen molar-refractivity contribution in [1.29, 1.82) is 0 Å². The summed E-state index contributed by atoms with van der Waals surface area (Å²) in [7, 11) is 1.46. The van der Waals surface area contributed by atoms with Crippen LogP contribution in [0.2, 0.25) is 5.15 Å². The van der Waals surface area contributed by atoms with E-state index < -0.39 is 40.7 Å². The molecule has 2 N–H and O–H groups in total. The van der Waals surface area contributed by atoms with E-state index in [0.717, 1.165) is 6.07 Å². The minimum Gasteiger partial charge on any atom is -0.357 e. The number of hydrogen-bond donors (Lipinski definition) is 2. The number of amides is 2. The smallest absolute Gasteiger partial charge is 0.272 e. The molecule has 1 aliphatic heterocycles. The molecule has 3 heterocycles. The molecule has 1 aliphatic rings. The fraction of sp³-hybridized carbons (Fsp3) is 0.360. The third-order valence-electron chi connectivity index (χ3n) is 6.15. The molecule has 2 aromatic heterocycles. The molecule has 3 aromatic rings. The van der Waals surface area contributed by atoms with Crippen molar-refractivity contribution in [2.75, 3.05) is 18.5 Å². The van der Waals surface area contributed by atoms with E-state index in [1.54, 1.807) is 43.5 Å². The van der Waals surface area contributed by atoms with Gasteiger partial charge in [0.15, 0.2) is 17.3 Å². The minimum atomic E-state index is -1.33. The summed E-state index contributed by atoms with van der Waals surface area (Å²) in [4.78, 5) is 36.6. The molecule has 4 rings (SSSR count). The number of benzene rings is 1. The molecule has 196 valence electrons. The number of halogens is 4. The minimum absolute atomic E-state index is 0.0255. The van der Waals surface area contributed by atoms with Crippen LogP contribution in [-0.2, 0) is 17.9 Å². The summed E-state index contributed by atoms with van der Waals surface area (Å²) in [5, 5.41) is 5.56. The molecule has 12 heteroatoms. The summed E-state index contributed by atoms with van der Waals surface area (Å²) in [6.45, 7) is 6.18.